The van der Waals surface area contributed by atoms with Crippen molar-refractivity contribution in [3.8, 4) is 0 Å². The van der Waals surface area contributed by atoms with Gasteiger partial charge in [-0.1, -0.05) is 15.9 Å². The van der Waals surface area contributed by atoms with Gasteiger partial charge in [0, 0.05) is 22.3 Å². The van der Waals surface area contributed by atoms with Crippen LogP contribution in [0.3, 0.4) is 0 Å². The van der Waals surface area contributed by atoms with E-state index < -0.39 is 5.97 Å². The number of nitrogens with zero attached hydrogens (tertiary/aromatic N) is 1. The molecule has 2 aromatic rings. The molecule has 0 saturated carbocycles. The molecule has 0 aromatic heterocycles. The number of fused-ring (bicyclic) bond motifs is 1. The van der Waals surface area contributed by atoms with Gasteiger partial charge in [0.05, 0.1) is 5.56 Å². The fourth-order valence-corrected chi connectivity index (χ4v) is 3.15. The number of carbonyl (C=O) groups excluding carboxylic acids is 2. The highest BCUT2D eigenvalue weighted by Crippen LogP contribution is 2.30. The Morgan fingerprint density at radius 2 is 1.84 bits per heavy atom. The van der Waals surface area contributed by atoms with Gasteiger partial charge in [-0.05, 0) is 54.4 Å². The van der Waals surface area contributed by atoms with E-state index in [1.807, 2.05) is 18.2 Å². The predicted octanol–water partition coefficient (Wildman–Crippen LogP) is 3.07. The third kappa shape index (κ3) is 3.88. The average molecular weight is 403 g/mol. The summed E-state index contributed by atoms with van der Waals surface area (Å²) in [5, 5.41) is 11.6. The largest absolute Gasteiger partial charge is 0.478 e. The van der Waals surface area contributed by atoms with Crippen molar-refractivity contribution in [2.45, 2.75) is 12.8 Å². The van der Waals surface area contributed by atoms with Crippen LogP contribution in [0.15, 0.2) is 46.9 Å². The first-order chi connectivity index (χ1) is 11.9. The van der Waals surface area contributed by atoms with Crippen molar-refractivity contribution in [2.24, 2.45) is 0 Å². The van der Waals surface area contributed by atoms with Crippen LogP contribution in [-0.4, -0.2) is 29.4 Å². The minimum Gasteiger partial charge on any atom is -0.478 e. The van der Waals surface area contributed by atoms with Crippen LogP contribution in [0, 0.1) is 0 Å². The Morgan fingerprint density at radius 1 is 1.12 bits per heavy atom. The van der Waals surface area contributed by atoms with Crippen molar-refractivity contribution < 1.29 is 19.5 Å². The number of carbonyl (C=O) groups is 3. The molecule has 2 N–H and O–H groups in total. The van der Waals surface area contributed by atoms with E-state index in [1.165, 1.54) is 29.2 Å². The molecule has 1 aliphatic heterocycles. The number of rotatable bonds is 4. The lowest BCUT2D eigenvalue weighted by molar-refractivity contribution is -0.121. The lowest BCUT2D eigenvalue weighted by Crippen LogP contribution is -2.40. The monoisotopic (exact) mass is 402 g/mol. The maximum absolute atomic E-state index is 12.3. The van der Waals surface area contributed by atoms with Gasteiger partial charge in [0.1, 0.15) is 6.54 Å². The standard InChI is InChI=1S/C18H15BrN2O4/c19-13-4-7-15-12(9-13)3-8-17(23)21(15)10-16(22)20-14-5-1-11(2-6-14)18(24)25/h1-2,4-7,9H,3,8,10H2,(H,20,22)(H,24,25). The van der Waals surface area contributed by atoms with Crippen molar-refractivity contribution in [1.29, 1.82) is 0 Å². The van der Waals surface area contributed by atoms with Crippen LogP contribution in [0.4, 0.5) is 11.4 Å². The van der Waals surface area contributed by atoms with Gasteiger partial charge >= 0.3 is 5.97 Å². The van der Waals surface area contributed by atoms with Gasteiger partial charge in [-0.3, -0.25) is 9.59 Å². The molecule has 2 aromatic carbocycles. The summed E-state index contributed by atoms with van der Waals surface area (Å²) in [5.41, 5.74) is 2.39. The van der Waals surface area contributed by atoms with E-state index in [0.717, 1.165) is 15.7 Å². The van der Waals surface area contributed by atoms with Crippen LogP contribution in [-0.2, 0) is 16.0 Å². The Bertz CT molecular complexity index is 849. The molecule has 2 amide bonds. The van der Waals surface area contributed by atoms with Gasteiger partial charge in [0.25, 0.3) is 0 Å². The van der Waals surface area contributed by atoms with E-state index >= 15 is 0 Å². The van der Waals surface area contributed by atoms with Crippen LogP contribution in [0.2, 0.25) is 0 Å². The first kappa shape index (κ1) is 17.2. The molecule has 0 fully saturated rings. The van der Waals surface area contributed by atoms with Gasteiger partial charge in [-0.15, -0.1) is 0 Å². The van der Waals surface area contributed by atoms with Gasteiger partial charge in [-0.2, -0.15) is 0 Å². The maximum atomic E-state index is 12.3. The molecule has 0 atom stereocenters. The summed E-state index contributed by atoms with van der Waals surface area (Å²) in [6.45, 7) is -0.0891. The van der Waals surface area contributed by atoms with Crippen molar-refractivity contribution in [2.75, 3.05) is 16.8 Å². The molecule has 1 aliphatic rings. The second-order valence-electron chi connectivity index (χ2n) is 5.68. The Kier molecular flexibility index (Phi) is 4.85. The first-order valence-corrected chi connectivity index (χ1v) is 8.45. The fourth-order valence-electron chi connectivity index (χ4n) is 2.74. The summed E-state index contributed by atoms with van der Waals surface area (Å²) in [5.74, 6) is -1.46. The van der Waals surface area contributed by atoms with E-state index in [4.69, 9.17) is 5.11 Å². The number of aromatic carboxylic acids is 1. The van der Waals surface area contributed by atoms with Gasteiger partial charge in [0.15, 0.2) is 0 Å². The number of nitrogens with one attached hydrogen (secondary N) is 1. The normalized spacial score (nSPS) is 13.3. The summed E-state index contributed by atoms with van der Waals surface area (Å²) in [6.07, 6.45) is 1.02. The highest BCUT2D eigenvalue weighted by molar-refractivity contribution is 9.10. The van der Waals surface area contributed by atoms with Crippen LogP contribution in [0.5, 0.6) is 0 Å². The van der Waals surface area contributed by atoms with Crippen molar-refractivity contribution >= 4 is 45.1 Å². The molecule has 0 spiro atoms. The minimum atomic E-state index is -1.03. The van der Waals surface area contributed by atoms with Gasteiger partial charge in [0.2, 0.25) is 11.8 Å². The number of benzene rings is 2. The molecule has 25 heavy (non-hydrogen) atoms. The molecule has 128 valence electrons. The summed E-state index contributed by atoms with van der Waals surface area (Å²) in [6, 6.07) is 11.5. The van der Waals surface area contributed by atoms with Crippen molar-refractivity contribution in [3.05, 3.63) is 58.1 Å². The molecule has 7 heteroatoms. The number of hydrogen-bond acceptors (Lipinski definition) is 3. The molecule has 0 saturated heterocycles. The lowest BCUT2D eigenvalue weighted by atomic mass is 10.0. The van der Waals surface area contributed by atoms with E-state index in [2.05, 4.69) is 21.2 Å². The Morgan fingerprint density at radius 3 is 2.52 bits per heavy atom. The van der Waals surface area contributed by atoms with Crippen LogP contribution in [0.1, 0.15) is 22.3 Å². The lowest BCUT2D eigenvalue weighted by Gasteiger charge is -2.29. The number of aryl methyl sites for hydroxylation is 1. The zero-order chi connectivity index (χ0) is 18.0. The molecule has 0 radical (unpaired) electrons. The number of amides is 2. The van der Waals surface area contributed by atoms with E-state index in [9.17, 15) is 14.4 Å². The van der Waals surface area contributed by atoms with E-state index in [-0.39, 0.29) is 23.9 Å². The van der Waals surface area contributed by atoms with E-state index in [0.29, 0.717) is 18.5 Å². The zero-order valence-corrected chi connectivity index (χ0v) is 14.7. The summed E-state index contributed by atoms with van der Waals surface area (Å²) < 4.78 is 0.934. The third-order valence-corrected chi connectivity index (χ3v) is 4.45. The van der Waals surface area contributed by atoms with Crippen LogP contribution >= 0.6 is 15.9 Å². The fraction of sp³-hybridized carbons (Fsp3) is 0.167. The highest BCUT2D eigenvalue weighted by Gasteiger charge is 2.26. The minimum absolute atomic E-state index is 0.0891. The van der Waals surface area contributed by atoms with Crippen molar-refractivity contribution in [3.63, 3.8) is 0 Å². The summed E-state index contributed by atoms with van der Waals surface area (Å²) in [4.78, 5) is 36.8. The third-order valence-electron chi connectivity index (χ3n) is 3.96. The van der Waals surface area contributed by atoms with Crippen LogP contribution in [0.25, 0.3) is 0 Å². The molecule has 0 aliphatic carbocycles. The topological polar surface area (TPSA) is 86.7 Å². The van der Waals surface area contributed by atoms with E-state index in [1.54, 1.807) is 0 Å². The van der Waals surface area contributed by atoms with Crippen molar-refractivity contribution in [1.82, 2.24) is 0 Å². The number of carboxylic acid groups (broad SMARTS) is 1. The second-order valence-corrected chi connectivity index (χ2v) is 6.60. The smallest absolute Gasteiger partial charge is 0.335 e. The number of hydrogen-bond donors (Lipinski definition) is 2. The first-order valence-electron chi connectivity index (χ1n) is 7.66. The van der Waals surface area contributed by atoms with Crippen LogP contribution < -0.4 is 10.2 Å². The molecule has 0 unspecified atom stereocenters. The SMILES string of the molecule is O=C(CN1C(=O)CCc2cc(Br)ccc21)Nc1ccc(C(=O)O)cc1. The Balaban J connectivity index is 1.72. The second kappa shape index (κ2) is 7.06. The zero-order valence-electron chi connectivity index (χ0n) is 13.2. The Hall–Kier alpha value is -2.67. The quantitative estimate of drug-likeness (QED) is 0.822. The highest BCUT2D eigenvalue weighted by atomic mass is 79.9. The predicted molar refractivity (Wildman–Crippen MR) is 96.8 cm³/mol. The number of carboxylic acids is 1. The molecule has 3 rings (SSSR count). The molecular weight excluding hydrogens is 388 g/mol. The summed E-state index contributed by atoms with van der Waals surface area (Å²) >= 11 is 3.41. The van der Waals surface area contributed by atoms with Gasteiger partial charge in [-0.25, -0.2) is 4.79 Å². The summed E-state index contributed by atoms with van der Waals surface area (Å²) in [7, 11) is 0. The maximum Gasteiger partial charge on any atom is 0.335 e. The number of anilines is 2. The molecule has 1 heterocycles. The average Bonchev–Trinajstić information content (AvgIpc) is 2.58. The molecule has 6 nitrogen and oxygen atoms in total. The van der Waals surface area contributed by atoms with Gasteiger partial charge < -0.3 is 15.3 Å². The molecular formula is C18H15BrN2O4. The number of halogens is 1. The molecule has 0 bridgehead atoms. The Labute approximate surface area is 152 Å².